The molecule has 6 unspecified atom stereocenters. The third-order valence-electron chi connectivity index (χ3n) is 8.77. The first-order valence-electron chi connectivity index (χ1n) is 16.5. The molecule has 0 saturated carbocycles. The standard InChI is InChI=1S/C33H47N7O11/c1-34-24(17-42)32(50)37-13-27(46)35-15-29(48)40(2)30-19-7-9-26(45)22(11-19)21-10-18(6-8-25(21)44)4-3-5-23(31(49)36-12-20(43)16-41)39-28(47)14-38-33(30)51/h6-10,19-20,22-24,30,34,41-44H,3-5,11-17H2,1-2H3,(H,35,46)(H,36,49)(H,37,50)(H,38,51)(H,39,47). The van der Waals surface area contributed by atoms with Crippen molar-refractivity contribution in [2.45, 2.75) is 55.8 Å². The van der Waals surface area contributed by atoms with E-state index in [0.29, 0.717) is 18.4 Å². The molecule has 1 aliphatic carbocycles. The number of likely N-dealkylation sites (N-methyl/N-ethyl adjacent to an activating group) is 2. The van der Waals surface area contributed by atoms with Crippen LogP contribution in [0.4, 0.5) is 0 Å². The molecule has 10 N–H and O–H groups in total. The summed E-state index contributed by atoms with van der Waals surface area (Å²) in [6, 6.07) is 1.48. The van der Waals surface area contributed by atoms with E-state index in [2.05, 4.69) is 31.9 Å². The SMILES string of the molecule is CNC(CO)C(=O)NCC(=O)NCC(=O)N(C)C1C(=O)NCC(=O)NC(C(=O)NCC(O)CO)CCCc2ccc(O)c(c2)C2CC1C=CC2=O. The molecule has 51 heavy (non-hydrogen) atoms. The summed E-state index contributed by atoms with van der Waals surface area (Å²) >= 11 is 0. The zero-order chi connectivity index (χ0) is 37.7. The van der Waals surface area contributed by atoms with Gasteiger partial charge < -0.3 is 57.2 Å². The molecule has 1 aromatic rings. The number of aromatic hydroxyl groups is 1. The number of ketones is 1. The number of aryl methyl sites for hydroxylation is 1. The molecule has 6 atom stereocenters. The van der Waals surface area contributed by atoms with Gasteiger partial charge in [-0.2, -0.15) is 0 Å². The normalized spacial score (nSPS) is 22.1. The Bertz CT molecular complexity index is 1480. The van der Waals surface area contributed by atoms with Gasteiger partial charge in [-0.25, -0.2) is 0 Å². The van der Waals surface area contributed by atoms with Crippen molar-refractivity contribution in [3.05, 3.63) is 41.5 Å². The summed E-state index contributed by atoms with van der Waals surface area (Å²) in [4.78, 5) is 91.6. The van der Waals surface area contributed by atoms with Crippen LogP contribution in [0.5, 0.6) is 5.75 Å². The highest BCUT2D eigenvalue weighted by Gasteiger charge is 2.39. The Morgan fingerprint density at radius 1 is 1.04 bits per heavy atom. The fraction of sp³-hybridized carbons (Fsp3) is 0.545. The van der Waals surface area contributed by atoms with E-state index in [1.165, 1.54) is 32.3 Å². The quantitative estimate of drug-likeness (QED) is 0.0983. The van der Waals surface area contributed by atoms with E-state index in [-0.39, 0.29) is 30.9 Å². The predicted molar refractivity (Wildman–Crippen MR) is 180 cm³/mol. The largest absolute Gasteiger partial charge is 0.508 e. The first kappa shape index (κ1) is 40.5. The van der Waals surface area contributed by atoms with E-state index in [0.717, 1.165) is 10.5 Å². The van der Waals surface area contributed by atoms with Gasteiger partial charge in [-0.3, -0.25) is 33.6 Å². The molecular formula is C33H47N7O11. The first-order valence-corrected chi connectivity index (χ1v) is 16.5. The maximum absolute atomic E-state index is 13.7. The Balaban J connectivity index is 1.86. The van der Waals surface area contributed by atoms with Gasteiger partial charge in [0.05, 0.1) is 44.9 Å². The lowest BCUT2D eigenvalue weighted by atomic mass is 9.77. The number of aliphatic hydroxyl groups is 3. The molecule has 280 valence electrons. The molecule has 0 fully saturated rings. The van der Waals surface area contributed by atoms with Crippen LogP contribution in [0, 0.1) is 5.92 Å². The maximum atomic E-state index is 13.7. The number of allylic oxidation sites excluding steroid dienone is 1. The van der Waals surface area contributed by atoms with Crippen molar-refractivity contribution in [1.29, 1.82) is 0 Å². The Morgan fingerprint density at radius 2 is 1.78 bits per heavy atom. The maximum Gasteiger partial charge on any atom is 0.243 e. The summed E-state index contributed by atoms with van der Waals surface area (Å²) < 4.78 is 0. The third kappa shape index (κ3) is 11.6. The predicted octanol–water partition coefficient (Wildman–Crippen LogP) is -4.33. The summed E-state index contributed by atoms with van der Waals surface area (Å²) in [5, 5.41) is 53.6. The molecule has 4 bridgehead atoms. The van der Waals surface area contributed by atoms with Crippen molar-refractivity contribution < 1.29 is 54.0 Å². The third-order valence-corrected chi connectivity index (χ3v) is 8.77. The van der Waals surface area contributed by atoms with Gasteiger partial charge in [0.1, 0.15) is 23.9 Å². The summed E-state index contributed by atoms with van der Waals surface area (Å²) in [5.74, 6) is -6.33. The summed E-state index contributed by atoms with van der Waals surface area (Å²) in [7, 11) is 2.77. The van der Waals surface area contributed by atoms with Crippen LogP contribution in [0.3, 0.4) is 0 Å². The van der Waals surface area contributed by atoms with Crippen molar-refractivity contribution >= 4 is 41.2 Å². The molecule has 0 spiro atoms. The van der Waals surface area contributed by atoms with Crippen LogP contribution in [0.1, 0.15) is 36.3 Å². The molecule has 6 amide bonds. The number of phenolic OH excluding ortho intramolecular Hbond substituents is 1. The smallest absolute Gasteiger partial charge is 0.243 e. The second kappa shape index (κ2) is 19.5. The number of phenols is 1. The van der Waals surface area contributed by atoms with Crippen LogP contribution in [0.25, 0.3) is 0 Å². The van der Waals surface area contributed by atoms with Gasteiger partial charge in [0.25, 0.3) is 0 Å². The number of hydrogen-bond acceptors (Lipinski definition) is 12. The van der Waals surface area contributed by atoms with Gasteiger partial charge in [0.15, 0.2) is 5.78 Å². The molecule has 18 heteroatoms. The minimum absolute atomic E-state index is 0.0199. The number of benzene rings is 1. The Hall–Kier alpha value is -4.91. The number of carbonyl (C=O) groups excluding carboxylic acids is 7. The van der Waals surface area contributed by atoms with Gasteiger partial charge in [0.2, 0.25) is 35.4 Å². The number of aliphatic hydroxyl groups excluding tert-OH is 3. The Morgan fingerprint density at radius 3 is 2.47 bits per heavy atom. The summed E-state index contributed by atoms with van der Waals surface area (Å²) in [5.41, 5.74) is 1.06. The molecule has 18 nitrogen and oxygen atoms in total. The average molecular weight is 718 g/mol. The molecule has 0 radical (unpaired) electrons. The fourth-order valence-corrected chi connectivity index (χ4v) is 5.83. The van der Waals surface area contributed by atoms with E-state index < -0.39 is 104 Å². The molecule has 1 aromatic carbocycles. The van der Waals surface area contributed by atoms with Crippen molar-refractivity contribution in [3.63, 3.8) is 0 Å². The number of fused-ring (bicyclic) bond motifs is 5. The van der Waals surface area contributed by atoms with Gasteiger partial charge in [-0.1, -0.05) is 18.2 Å². The Kier molecular flexibility index (Phi) is 15.5. The number of amides is 6. The van der Waals surface area contributed by atoms with Crippen molar-refractivity contribution in [3.8, 4) is 5.75 Å². The molecule has 0 aromatic heterocycles. The zero-order valence-electron chi connectivity index (χ0n) is 28.5. The van der Waals surface area contributed by atoms with Crippen LogP contribution in [-0.4, -0.2) is 144 Å². The fourth-order valence-electron chi connectivity index (χ4n) is 5.83. The zero-order valence-corrected chi connectivity index (χ0v) is 28.5. The van der Waals surface area contributed by atoms with E-state index >= 15 is 0 Å². The van der Waals surface area contributed by atoms with E-state index in [4.69, 9.17) is 5.11 Å². The molecule has 3 rings (SSSR count). The molecule has 1 heterocycles. The number of carbonyl (C=O) groups is 7. The molecule has 1 aliphatic heterocycles. The molecular weight excluding hydrogens is 670 g/mol. The van der Waals surface area contributed by atoms with Crippen molar-refractivity contribution in [1.82, 2.24) is 36.8 Å². The summed E-state index contributed by atoms with van der Waals surface area (Å²) in [6.07, 6.45) is 2.53. The highest BCUT2D eigenvalue weighted by Crippen LogP contribution is 2.37. The number of nitrogens with one attached hydrogen (secondary N) is 6. The second-order valence-corrected chi connectivity index (χ2v) is 12.4. The van der Waals surface area contributed by atoms with Crippen LogP contribution in [0.15, 0.2) is 30.4 Å². The van der Waals surface area contributed by atoms with Crippen molar-refractivity contribution in [2.24, 2.45) is 5.92 Å². The van der Waals surface area contributed by atoms with Gasteiger partial charge in [0, 0.05) is 25.1 Å². The second-order valence-electron chi connectivity index (χ2n) is 12.4. The van der Waals surface area contributed by atoms with E-state index in [9.17, 15) is 48.9 Å². The van der Waals surface area contributed by atoms with Crippen molar-refractivity contribution in [2.75, 3.05) is 53.5 Å². The minimum atomic E-state index is -1.30. The van der Waals surface area contributed by atoms with Crippen LogP contribution in [-0.2, 0) is 40.0 Å². The van der Waals surface area contributed by atoms with E-state index in [1.54, 1.807) is 12.1 Å². The Labute approximate surface area is 294 Å². The average Bonchev–Trinajstić information content (AvgIpc) is 3.11. The highest BCUT2D eigenvalue weighted by atomic mass is 16.3. The van der Waals surface area contributed by atoms with Gasteiger partial charge in [-0.05, 0) is 50.4 Å². The van der Waals surface area contributed by atoms with Gasteiger partial charge in [-0.15, -0.1) is 0 Å². The number of hydrogen-bond donors (Lipinski definition) is 10. The molecule has 0 saturated heterocycles. The lowest BCUT2D eigenvalue weighted by Gasteiger charge is -2.35. The van der Waals surface area contributed by atoms with E-state index in [1.807, 2.05) is 0 Å². The lowest BCUT2D eigenvalue weighted by Crippen LogP contribution is -2.56. The first-order chi connectivity index (χ1) is 24.3. The lowest BCUT2D eigenvalue weighted by molar-refractivity contribution is -0.141. The summed E-state index contributed by atoms with van der Waals surface area (Å²) in [6.45, 7) is -3.01. The number of nitrogens with zero attached hydrogens (tertiary/aromatic N) is 1. The van der Waals surface area contributed by atoms with Crippen LogP contribution in [0.2, 0.25) is 0 Å². The van der Waals surface area contributed by atoms with Gasteiger partial charge >= 0.3 is 0 Å². The highest BCUT2D eigenvalue weighted by molar-refractivity contribution is 5.98. The molecule has 2 aliphatic rings. The number of rotatable bonds is 12. The van der Waals surface area contributed by atoms with Crippen LogP contribution < -0.4 is 31.9 Å². The topological polar surface area (TPSA) is 276 Å². The minimum Gasteiger partial charge on any atom is -0.508 e. The monoisotopic (exact) mass is 717 g/mol. The van der Waals surface area contributed by atoms with Crippen LogP contribution >= 0.6 is 0 Å².